The second kappa shape index (κ2) is 6.18. The molecule has 2 rings (SSSR count). The quantitative estimate of drug-likeness (QED) is 0.782. The van der Waals surface area contributed by atoms with E-state index in [1.54, 1.807) is 6.92 Å². The highest BCUT2D eigenvalue weighted by atomic mass is 16.2. The molecular formula is C13H23N3O2. The molecule has 1 saturated heterocycles. The summed E-state index contributed by atoms with van der Waals surface area (Å²) in [7, 11) is 0. The van der Waals surface area contributed by atoms with Crippen LogP contribution in [0.25, 0.3) is 0 Å². The molecule has 0 bridgehead atoms. The molecule has 0 unspecified atom stereocenters. The molecule has 0 aromatic carbocycles. The van der Waals surface area contributed by atoms with E-state index in [1.165, 1.54) is 12.8 Å². The molecule has 1 aliphatic heterocycles. The molecule has 0 aromatic heterocycles. The van der Waals surface area contributed by atoms with Crippen LogP contribution in [0.15, 0.2) is 0 Å². The van der Waals surface area contributed by atoms with Crippen LogP contribution in [0, 0.1) is 0 Å². The number of carbonyl (C=O) groups is 2. The fourth-order valence-corrected chi connectivity index (χ4v) is 2.77. The Morgan fingerprint density at radius 2 is 1.72 bits per heavy atom. The first-order valence-corrected chi connectivity index (χ1v) is 6.92. The summed E-state index contributed by atoms with van der Waals surface area (Å²) in [5.74, 6) is 0.267. The van der Waals surface area contributed by atoms with Crippen molar-refractivity contribution in [3.05, 3.63) is 0 Å². The van der Waals surface area contributed by atoms with Crippen LogP contribution in [-0.2, 0) is 9.59 Å². The second-order valence-electron chi connectivity index (χ2n) is 5.33. The SMILES string of the molecule is CC(=O)N1CCN(CC(=O)NC2CCCC2)CC1. The first-order chi connectivity index (χ1) is 8.65. The summed E-state index contributed by atoms with van der Waals surface area (Å²) in [6.07, 6.45) is 4.73. The van der Waals surface area contributed by atoms with Gasteiger partial charge in [-0.15, -0.1) is 0 Å². The fourth-order valence-electron chi connectivity index (χ4n) is 2.77. The molecule has 2 amide bonds. The first kappa shape index (κ1) is 13.3. The normalized spacial score (nSPS) is 22.2. The van der Waals surface area contributed by atoms with Crippen molar-refractivity contribution in [1.29, 1.82) is 0 Å². The van der Waals surface area contributed by atoms with Gasteiger partial charge in [0.05, 0.1) is 6.54 Å². The van der Waals surface area contributed by atoms with E-state index < -0.39 is 0 Å². The minimum Gasteiger partial charge on any atom is -0.352 e. The molecule has 102 valence electrons. The molecule has 0 atom stereocenters. The summed E-state index contributed by atoms with van der Waals surface area (Å²) >= 11 is 0. The highest BCUT2D eigenvalue weighted by Gasteiger charge is 2.22. The molecule has 1 saturated carbocycles. The van der Waals surface area contributed by atoms with E-state index in [4.69, 9.17) is 0 Å². The number of piperazine rings is 1. The lowest BCUT2D eigenvalue weighted by molar-refractivity contribution is -0.131. The van der Waals surface area contributed by atoms with E-state index in [0.29, 0.717) is 12.6 Å². The summed E-state index contributed by atoms with van der Waals surface area (Å²) in [6.45, 7) is 5.16. The number of hydrogen-bond donors (Lipinski definition) is 1. The van der Waals surface area contributed by atoms with Crippen LogP contribution in [0.1, 0.15) is 32.6 Å². The molecular weight excluding hydrogens is 230 g/mol. The number of nitrogens with zero attached hydrogens (tertiary/aromatic N) is 2. The van der Waals surface area contributed by atoms with Crippen LogP contribution in [0.5, 0.6) is 0 Å². The Kier molecular flexibility index (Phi) is 4.58. The van der Waals surface area contributed by atoms with Gasteiger partial charge in [-0.1, -0.05) is 12.8 Å². The molecule has 5 nitrogen and oxygen atoms in total. The van der Waals surface area contributed by atoms with E-state index in [-0.39, 0.29) is 11.8 Å². The zero-order valence-electron chi connectivity index (χ0n) is 11.2. The third-order valence-corrected chi connectivity index (χ3v) is 3.91. The second-order valence-corrected chi connectivity index (χ2v) is 5.33. The van der Waals surface area contributed by atoms with E-state index in [0.717, 1.165) is 39.0 Å². The Morgan fingerprint density at radius 3 is 2.28 bits per heavy atom. The minimum absolute atomic E-state index is 0.130. The molecule has 2 aliphatic rings. The van der Waals surface area contributed by atoms with Crippen LogP contribution in [0.2, 0.25) is 0 Å². The average Bonchev–Trinajstić information content (AvgIpc) is 2.82. The topological polar surface area (TPSA) is 52.7 Å². The van der Waals surface area contributed by atoms with Crippen LogP contribution in [0.4, 0.5) is 0 Å². The smallest absolute Gasteiger partial charge is 0.234 e. The molecule has 0 spiro atoms. The van der Waals surface area contributed by atoms with E-state index in [9.17, 15) is 9.59 Å². The Bertz CT molecular complexity index is 305. The number of carbonyl (C=O) groups excluding carboxylic acids is 2. The first-order valence-electron chi connectivity index (χ1n) is 6.92. The largest absolute Gasteiger partial charge is 0.352 e. The lowest BCUT2D eigenvalue weighted by Crippen LogP contribution is -2.51. The zero-order chi connectivity index (χ0) is 13.0. The Labute approximate surface area is 108 Å². The molecule has 0 radical (unpaired) electrons. The van der Waals surface area contributed by atoms with Gasteiger partial charge in [0.2, 0.25) is 11.8 Å². The van der Waals surface area contributed by atoms with Gasteiger partial charge in [0.1, 0.15) is 0 Å². The molecule has 2 fully saturated rings. The molecule has 0 aromatic rings. The summed E-state index contributed by atoms with van der Waals surface area (Å²) < 4.78 is 0. The molecule has 1 N–H and O–H groups in total. The maximum absolute atomic E-state index is 11.8. The summed E-state index contributed by atoms with van der Waals surface area (Å²) in [4.78, 5) is 27.0. The highest BCUT2D eigenvalue weighted by Crippen LogP contribution is 2.17. The standard InChI is InChI=1S/C13H23N3O2/c1-11(17)16-8-6-15(7-9-16)10-13(18)14-12-4-2-3-5-12/h12H,2-10H2,1H3,(H,14,18). The van der Waals surface area contributed by atoms with Crippen molar-refractivity contribution in [3.8, 4) is 0 Å². The van der Waals surface area contributed by atoms with Gasteiger partial charge in [0.15, 0.2) is 0 Å². The fraction of sp³-hybridized carbons (Fsp3) is 0.846. The predicted molar refractivity (Wildman–Crippen MR) is 69.1 cm³/mol. The zero-order valence-corrected chi connectivity index (χ0v) is 11.2. The van der Waals surface area contributed by atoms with Crippen molar-refractivity contribution in [1.82, 2.24) is 15.1 Å². The lowest BCUT2D eigenvalue weighted by atomic mass is 10.2. The maximum Gasteiger partial charge on any atom is 0.234 e. The molecule has 1 heterocycles. The van der Waals surface area contributed by atoms with Gasteiger partial charge < -0.3 is 10.2 Å². The molecule has 1 aliphatic carbocycles. The monoisotopic (exact) mass is 253 g/mol. The van der Waals surface area contributed by atoms with Crippen LogP contribution < -0.4 is 5.32 Å². The number of nitrogens with one attached hydrogen (secondary N) is 1. The van der Waals surface area contributed by atoms with Gasteiger partial charge in [-0.3, -0.25) is 14.5 Å². The van der Waals surface area contributed by atoms with Gasteiger partial charge >= 0.3 is 0 Å². The number of amides is 2. The van der Waals surface area contributed by atoms with E-state index in [2.05, 4.69) is 10.2 Å². The predicted octanol–water partition coefficient (Wildman–Crippen LogP) is 0.209. The Morgan fingerprint density at radius 1 is 1.11 bits per heavy atom. The summed E-state index contributed by atoms with van der Waals surface area (Å²) in [6, 6.07) is 0.399. The van der Waals surface area contributed by atoms with Crippen molar-refractivity contribution in [2.75, 3.05) is 32.7 Å². The maximum atomic E-state index is 11.8. The van der Waals surface area contributed by atoms with E-state index >= 15 is 0 Å². The van der Waals surface area contributed by atoms with Gasteiger partial charge in [0, 0.05) is 39.1 Å². The minimum atomic E-state index is 0.130. The van der Waals surface area contributed by atoms with Crippen molar-refractivity contribution >= 4 is 11.8 Å². The number of rotatable bonds is 3. The average molecular weight is 253 g/mol. The van der Waals surface area contributed by atoms with Crippen LogP contribution in [-0.4, -0.2) is 60.4 Å². The van der Waals surface area contributed by atoms with Crippen LogP contribution >= 0.6 is 0 Å². The highest BCUT2D eigenvalue weighted by molar-refractivity contribution is 5.78. The van der Waals surface area contributed by atoms with Crippen molar-refractivity contribution < 1.29 is 9.59 Å². The van der Waals surface area contributed by atoms with Crippen molar-refractivity contribution in [2.45, 2.75) is 38.6 Å². The summed E-state index contributed by atoms with van der Waals surface area (Å²) in [5.41, 5.74) is 0. The lowest BCUT2D eigenvalue weighted by Gasteiger charge is -2.33. The third-order valence-electron chi connectivity index (χ3n) is 3.91. The molecule has 18 heavy (non-hydrogen) atoms. The van der Waals surface area contributed by atoms with Crippen molar-refractivity contribution in [2.24, 2.45) is 0 Å². The molecule has 5 heteroatoms. The number of hydrogen-bond acceptors (Lipinski definition) is 3. The summed E-state index contributed by atoms with van der Waals surface area (Å²) in [5, 5.41) is 3.10. The van der Waals surface area contributed by atoms with Gasteiger partial charge in [0.25, 0.3) is 0 Å². The van der Waals surface area contributed by atoms with Gasteiger partial charge in [-0.2, -0.15) is 0 Å². The van der Waals surface area contributed by atoms with Gasteiger partial charge in [-0.05, 0) is 12.8 Å². The Balaban J connectivity index is 1.67. The van der Waals surface area contributed by atoms with Gasteiger partial charge in [-0.25, -0.2) is 0 Å². The third kappa shape index (κ3) is 3.70. The van der Waals surface area contributed by atoms with Crippen LogP contribution in [0.3, 0.4) is 0 Å². The Hall–Kier alpha value is -1.10. The van der Waals surface area contributed by atoms with E-state index in [1.807, 2.05) is 4.90 Å². The van der Waals surface area contributed by atoms with Crippen molar-refractivity contribution in [3.63, 3.8) is 0 Å².